The number of hydrogen-bond donors (Lipinski definition) is 0. The van der Waals surface area contributed by atoms with Gasteiger partial charge in [0.2, 0.25) is 0 Å². The molecule has 0 saturated heterocycles. The molecule has 2 aliphatic rings. The fourth-order valence-electron chi connectivity index (χ4n) is 3.87. The van der Waals surface area contributed by atoms with Gasteiger partial charge in [0.15, 0.2) is 0 Å². The van der Waals surface area contributed by atoms with E-state index in [2.05, 4.69) is 0 Å². The molecule has 0 saturated carbocycles. The van der Waals surface area contributed by atoms with Crippen LogP contribution in [0.1, 0.15) is 30.7 Å². The minimum atomic E-state index is -4.00. The molecule has 124 valence electrons. The Balaban J connectivity index is 1.87. The van der Waals surface area contributed by atoms with Gasteiger partial charge in [-0.3, -0.25) is 0 Å². The van der Waals surface area contributed by atoms with Gasteiger partial charge in [-0.25, -0.2) is 0 Å². The van der Waals surface area contributed by atoms with Gasteiger partial charge in [-0.15, -0.1) is 0 Å². The average molecular weight is 368 g/mol. The molecule has 0 N–H and O–H groups in total. The Kier molecular flexibility index (Phi) is 4.16. The first-order valence-corrected chi connectivity index (χ1v) is 11.1. The van der Waals surface area contributed by atoms with Crippen molar-refractivity contribution in [2.45, 2.75) is 8.45 Å². The second kappa shape index (κ2) is 6.47. The first-order valence-electron chi connectivity index (χ1n) is 8.07. The first kappa shape index (κ1) is 16.1. The molecule has 5 heteroatoms. The van der Waals surface area contributed by atoms with Crippen molar-refractivity contribution in [2.75, 3.05) is 0 Å². The van der Waals surface area contributed by atoms with E-state index in [1.165, 1.54) is 0 Å². The van der Waals surface area contributed by atoms with Crippen molar-refractivity contribution in [3.8, 4) is 0 Å². The molecule has 0 radical (unpaired) electrons. The summed E-state index contributed by atoms with van der Waals surface area (Å²) in [5, 5.41) is 0. The number of rotatable bonds is 6. The molecule has 0 amide bonds. The third-order valence-corrected chi connectivity index (χ3v) is 10.7. The van der Waals surface area contributed by atoms with E-state index in [1.54, 1.807) is 0 Å². The average Bonchev–Trinajstić information content (AvgIpc) is 3.26. The van der Waals surface area contributed by atoms with Crippen molar-refractivity contribution in [3.05, 3.63) is 82.9 Å². The standard InChI is InChI=1S/2C9H7.2CH2O2.Ti/c2*1-2-5-9-7-3-6-8(9)4-1;2*2-1-3;/h2*1-7H;2*1H,(H,2,3);/q;;;;+2/p-2. The van der Waals surface area contributed by atoms with Gasteiger partial charge in [-0.05, 0) is 0 Å². The maximum absolute atomic E-state index is 11.4. The normalized spacial score (nSPS) is 20.0. The van der Waals surface area contributed by atoms with Crippen LogP contribution in [0.5, 0.6) is 0 Å². The zero-order chi connectivity index (χ0) is 17.3. The Bertz CT molecular complexity index is 813. The van der Waals surface area contributed by atoms with E-state index in [0.717, 1.165) is 22.3 Å². The molecule has 2 aromatic carbocycles. The number of hydrogen-bond acceptors (Lipinski definition) is 4. The minimum absolute atomic E-state index is 0.201. The van der Waals surface area contributed by atoms with Gasteiger partial charge in [0, 0.05) is 0 Å². The summed E-state index contributed by atoms with van der Waals surface area (Å²) in [6.07, 6.45) is 8.03. The number of allylic oxidation sites excluding steroid dienone is 2. The summed E-state index contributed by atoms with van der Waals surface area (Å²) < 4.78 is 11.0. The van der Waals surface area contributed by atoms with Crippen LogP contribution in [0.3, 0.4) is 0 Å². The third kappa shape index (κ3) is 2.49. The number of carbonyl (C=O) groups excluding carboxylic acids is 2. The van der Waals surface area contributed by atoms with Crippen LogP contribution in [0.2, 0.25) is 0 Å². The van der Waals surface area contributed by atoms with E-state index in [1.807, 2.05) is 72.8 Å². The van der Waals surface area contributed by atoms with E-state index >= 15 is 0 Å². The summed E-state index contributed by atoms with van der Waals surface area (Å²) in [5.74, 6) is 0. The Hall–Kier alpha value is -2.43. The van der Waals surface area contributed by atoms with Gasteiger partial charge in [-0.1, -0.05) is 0 Å². The zero-order valence-electron chi connectivity index (χ0n) is 13.4. The monoisotopic (exact) mass is 368 g/mol. The van der Waals surface area contributed by atoms with Crippen LogP contribution in [-0.2, 0) is 33.6 Å². The van der Waals surface area contributed by atoms with Crippen LogP contribution in [-0.4, -0.2) is 12.9 Å². The molecule has 4 nitrogen and oxygen atoms in total. The van der Waals surface area contributed by atoms with Crippen molar-refractivity contribution in [1.29, 1.82) is 0 Å². The predicted octanol–water partition coefficient (Wildman–Crippen LogP) is 3.85. The van der Waals surface area contributed by atoms with Gasteiger partial charge in [0.25, 0.3) is 0 Å². The van der Waals surface area contributed by atoms with E-state index in [9.17, 15) is 9.59 Å². The van der Waals surface area contributed by atoms with E-state index in [0.29, 0.717) is 12.9 Å². The van der Waals surface area contributed by atoms with E-state index in [4.69, 9.17) is 6.64 Å². The van der Waals surface area contributed by atoms with Gasteiger partial charge in [-0.2, -0.15) is 0 Å². The SMILES string of the molecule is O=C[O][Ti]([O]C=O)([CH]1C=Cc2ccccc21)[CH]1C=Cc2ccccc21. The molecule has 0 fully saturated rings. The van der Waals surface area contributed by atoms with Crippen molar-refractivity contribution >= 4 is 25.1 Å². The second-order valence-corrected chi connectivity index (χ2v) is 11.0. The quantitative estimate of drug-likeness (QED) is 0.574. The van der Waals surface area contributed by atoms with Crippen molar-refractivity contribution in [3.63, 3.8) is 0 Å². The summed E-state index contributed by atoms with van der Waals surface area (Å²) in [6, 6.07) is 15.9. The van der Waals surface area contributed by atoms with Crippen LogP contribution in [0.25, 0.3) is 12.2 Å². The molecule has 2 aliphatic carbocycles. The Morgan fingerprint density at radius 2 is 1.16 bits per heavy atom. The molecule has 0 heterocycles. The molecule has 0 aliphatic heterocycles. The first-order chi connectivity index (χ1) is 12.3. The number of carbonyl (C=O) groups is 2. The summed E-state index contributed by atoms with van der Waals surface area (Å²) in [4.78, 5) is 22.8. The van der Waals surface area contributed by atoms with Crippen molar-refractivity contribution in [2.24, 2.45) is 0 Å². The molecule has 0 bridgehead atoms. The maximum atomic E-state index is 11.4. The van der Waals surface area contributed by atoms with Gasteiger partial charge in [0.05, 0.1) is 0 Å². The number of benzene rings is 2. The Morgan fingerprint density at radius 3 is 1.60 bits per heavy atom. The van der Waals surface area contributed by atoms with Crippen molar-refractivity contribution < 1.29 is 33.6 Å². The fraction of sp³-hybridized carbons (Fsp3) is 0.100. The molecule has 4 rings (SSSR count). The van der Waals surface area contributed by atoms with Crippen LogP contribution in [0, 0.1) is 0 Å². The molecule has 0 spiro atoms. The number of fused-ring (bicyclic) bond motifs is 2. The molecule has 2 atom stereocenters. The summed E-state index contributed by atoms with van der Waals surface area (Å²) >= 11 is -4.00. The predicted molar refractivity (Wildman–Crippen MR) is 90.7 cm³/mol. The summed E-state index contributed by atoms with van der Waals surface area (Å²) in [7, 11) is 0. The molecule has 2 unspecified atom stereocenters. The Labute approximate surface area is 150 Å². The topological polar surface area (TPSA) is 52.6 Å². The van der Waals surface area contributed by atoms with E-state index < -0.39 is 17.4 Å². The second-order valence-electron chi connectivity index (χ2n) is 6.08. The molecular weight excluding hydrogens is 352 g/mol. The molecular formula is C20H16O4Ti. The van der Waals surface area contributed by atoms with Crippen LogP contribution < -0.4 is 0 Å². The zero-order valence-corrected chi connectivity index (χ0v) is 14.9. The molecule has 0 aromatic heterocycles. The summed E-state index contributed by atoms with van der Waals surface area (Å²) in [6.45, 7) is 0.875. The van der Waals surface area contributed by atoms with E-state index in [-0.39, 0.29) is 8.45 Å². The van der Waals surface area contributed by atoms with Gasteiger partial charge in [0.1, 0.15) is 0 Å². The van der Waals surface area contributed by atoms with Crippen LogP contribution in [0.15, 0.2) is 60.7 Å². The van der Waals surface area contributed by atoms with Crippen LogP contribution >= 0.6 is 0 Å². The van der Waals surface area contributed by atoms with Gasteiger partial charge < -0.3 is 0 Å². The molecule has 25 heavy (non-hydrogen) atoms. The van der Waals surface area contributed by atoms with Gasteiger partial charge >= 0.3 is 150 Å². The summed E-state index contributed by atoms with van der Waals surface area (Å²) in [5.41, 5.74) is 4.23. The molecule has 2 aromatic rings. The van der Waals surface area contributed by atoms with Crippen LogP contribution in [0.4, 0.5) is 0 Å². The fourth-order valence-corrected chi connectivity index (χ4v) is 9.26. The third-order valence-electron chi connectivity index (χ3n) is 4.93. The Morgan fingerprint density at radius 1 is 0.720 bits per heavy atom. The van der Waals surface area contributed by atoms with Crippen molar-refractivity contribution in [1.82, 2.24) is 0 Å².